The lowest BCUT2D eigenvalue weighted by Crippen LogP contribution is -2.23. The van der Waals surface area contributed by atoms with Crippen LogP contribution in [0.2, 0.25) is 10.0 Å². The monoisotopic (exact) mass is 337 g/mol. The van der Waals surface area contributed by atoms with Crippen LogP contribution in [-0.4, -0.2) is 18.4 Å². The Morgan fingerprint density at radius 1 is 1.00 bits per heavy atom. The molecule has 114 valence electrons. The Kier molecular flexibility index (Phi) is 5.25. The molecule has 2 aromatic rings. The molecule has 0 saturated carbocycles. The third-order valence-electron chi connectivity index (χ3n) is 2.86. The average Bonchev–Trinajstić information content (AvgIpc) is 2.50. The van der Waals surface area contributed by atoms with E-state index in [2.05, 4.69) is 10.6 Å². The van der Waals surface area contributed by atoms with Crippen LogP contribution in [0.1, 0.15) is 10.4 Å². The van der Waals surface area contributed by atoms with Crippen LogP contribution in [-0.2, 0) is 4.79 Å². The predicted octanol–water partition coefficient (Wildman–Crippen LogP) is 3.14. The molecule has 0 aliphatic heterocycles. The van der Waals surface area contributed by atoms with E-state index in [0.29, 0.717) is 22.0 Å². The van der Waals surface area contributed by atoms with Gasteiger partial charge in [-0.1, -0.05) is 41.4 Å². The Bertz CT molecular complexity index is 720. The summed E-state index contributed by atoms with van der Waals surface area (Å²) in [6.07, 6.45) is 0. The van der Waals surface area contributed by atoms with Crippen LogP contribution < -0.4 is 16.4 Å². The fourth-order valence-electron chi connectivity index (χ4n) is 1.82. The number of para-hydroxylation sites is 1. The number of carbonyl (C=O) groups is 2. The number of hydrogen-bond donors (Lipinski definition) is 3. The molecule has 2 amide bonds. The number of primary amides is 1. The normalized spacial score (nSPS) is 10.1. The van der Waals surface area contributed by atoms with E-state index in [0.717, 1.165) is 0 Å². The van der Waals surface area contributed by atoms with Crippen molar-refractivity contribution in [2.45, 2.75) is 0 Å². The summed E-state index contributed by atoms with van der Waals surface area (Å²) in [6.45, 7) is -0.0485. The van der Waals surface area contributed by atoms with Crippen molar-refractivity contribution in [2.75, 3.05) is 17.2 Å². The summed E-state index contributed by atoms with van der Waals surface area (Å²) in [5, 5.41) is 6.12. The van der Waals surface area contributed by atoms with E-state index in [1.165, 1.54) is 0 Å². The maximum absolute atomic E-state index is 11.9. The lowest BCUT2D eigenvalue weighted by atomic mass is 10.1. The topological polar surface area (TPSA) is 84.2 Å². The highest BCUT2D eigenvalue weighted by Gasteiger charge is 2.10. The van der Waals surface area contributed by atoms with Crippen molar-refractivity contribution < 1.29 is 9.59 Å². The van der Waals surface area contributed by atoms with Crippen LogP contribution in [0.15, 0.2) is 42.5 Å². The smallest absolute Gasteiger partial charge is 0.250 e. The minimum absolute atomic E-state index is 0.0485. The quantitative estimate of drug-likeness (QED) is 0.783. The molecule has 7 heteroatoms. The van der Waals surface area contributed by atoms with Crippen molar-refractivity contribution in [3.63, 3.8) is 0 Å². The number of nitrogens with two attached hydrogens (primary N) is 1. The second-order valence-electron chi connectivity index (χ2n) is 4.41. The first-order valence-corrected chi connectivity index (χ1v) is 7.11. The molecule has 0 unspecified atom stereocenters. The third kappa shape index (κ3) is 3.90. The summed E-state index contributed by atoms with van der Waals surface area (Å²) < 4.78 is 0. The molecule has 2 rings (SSSR count). The van der Waals surface area contributed by atoms with Gasteiger partial charge in [0, 0.05) is 5.69 Å². The largest absolute Gasteiger partial charge is 0.376 e. The van der Waals surface area contributed by atoms with Crippen LogP contribution in [0.25, 0.3) is 0 Å². The Labute approximate surface area is 137 Å². The number of rotatable bonds is 5. The molecule has 0 radical (unpaired) electrons. The molecule has 0 spiro atoms. The Morgan fingerprint density at radius 2 is 1.68 bits per heavy atom. The van der Waals surface area contributed by atoms with Gasteiger partial charge in [-0.05, 0) is 24.3 Å². The Balaban J connectivity index is 2.02. The van der Waals surface area contributed by atoms with Gasteiger partial charge in [0.1, 0.15) is 0 Å². The Morgan fingerprint density at radius 3 is 2.41 bits per heavy atom. The molecule has 0 fully saturated rings. The summed E-state index contributed by atoms with van der Waals surface area (Å²) in [4.78, 5) is 23.2. The zero-order valence-corrected chi connectivity index (χ0v) is 12.9. The van der Waals surface area contributed by atoms with Crippen LogP contribution >= 0.6 is 23.2 Å². The predicted molar refractivity (Wildman–Crippen MR) is 88.5 cm³/mol. The Hall–Kier alpha value is -2.24. The molecule has 22 heavy (non-hydrogen) atoms. The number of carbonyl (C=O) groups excluding carboxylic acids is 2. The third-order valence-corrected chi connectivity index (χ3v) is 3.68. The first-order valence-electron chi connectivity index (χ1n) is 6.35. The highest BCUT2D eigenvalue weighted by Crippen LogP contribution is 2.29. The second-order valence-corrected chi connectivity index (χ2v) is 5.20. The van der Waals surface area contributed by atoms with Crippen molar-refractivity contribution >= 4 is 46.4 Å². The summed E-state index contributed by atoms with van der Waals surface area (Å²) in [7, 11) is 0. The maximum Gasteiger partial charge on any atom is 0.250 e. The fourth-order valence-corrected chi connectivity index (χ4v) is 2.17. The molecule has 0 aliphatic carbocycles. The first kappa shape index (κ1) is 16.1. The molecule has 4 N–H and O–H groups in total. The number of nitrogens with one attached hydrogen (secondary N) is 2. The summed E-state index contributed by atoms with van der Waals surface area (Å²) in [6, 6.07) is 11.6. The van der Waals surface area contributed by atoms with E-state index in [1.807, 2.05) is 0 Å². The number of halogens is 2. The summed E-state index contributed by atoms with van der Waals surface area (Å²) in [5.41, 5.74) is 6.49. The van der Waals surface area contributed by atoms with E-state index < -0.39 is 5.91 Å². The van der Waals surface area contributed by atoms with Crippen LogP contribution in [0.4, 0.5) is 11.4 Å². The fraction of sp³-hybridized carbons (Fsp3) is 0.0667. The zero-order valence-electron chi connectivity index (χ0n) is 11.4. The lowest BCUT2D eigenvalue weighted by Gasteiger charge is -2.11. The van der Waals surface area contributed by atoms with Gasteiger partial charge in [0.15, 0.2) is 0 Å². The molecule has 0 aromatic heterocycles. The van der Waals surface area contributed by atoms with Crippen LogP contribution in [0.5, 0.6) is 0 Å². The zero-order chi connectivity index (χ0) is 16.1. The molecular weight excluding hydrogens is 325 g/mol. The first-order chi connectivity index (χ1) is 10.5. The van der Waals surface area contributed by atoms with Gasteiger partial charge in [-0.3, -0.25) is 9.59 Å². The van der Waals surface area contributed by atoms with Gasteiger partial charge in [0.05, 0.1) is 27.8 Å². The van der Waals surface area contributed by atoms with E-state index >= 15 is 0 Å². The summed E-state index contributed by atoms with van der Waals surface area (Å²) in [5.74, 6) is -0.898. The van der Waals surface area contributed by atoms with Crippen molar-refractivity contribution in [3.05, 3.63) is 58.1 Å². The maximum atomic E-state index is 11.9. The molecule has 0 aliphatic rings. The number of amides is 2. The minimum Gasteiger partial charge on any atom is -0.376 e. The second kappa shape index (κ2) is 7.15. The standard InChI is InChI=1S/C15H13Cl2N3O2/c16-10-5-3-7-12(14(10)17)20-13(21)8-19-11-6-2-1-4-9(11)15(18)22/h1-7,19H,8H2,(H2,18,22)(H,20,21). The number of anilines is 2. The molecular formula is C15H13Cl2N3O2. The van der Waals surface area contributed by atoms with E-state index in [9.17, 15) is 9.59 Å². The molecule has 0 saturated heterocycles. The van der Waals surface area contributed by atoms with Crippen molar-refractivity contribution in [1.82, 2.24) is 0 Å². The van der Waals surface area contributed by atoms with Gasteiger partial charge < -0.3 is 16.4 Å². The molecule has 0 bridgehead atoms. The van der Waals surface area contributed by atoms with E-state index in [1.54, 1.807) is 42.5 Å². The van der Waals surface area contributed by atoms with Gasteiger partial charge in [-0.25, -0.2) is 0 Å². The van der Waals surface area contributed by atoms with E-state index in [-0.39, 0.29) is 17.5 Å². The van der Waals surface area contributed by atoms with Gasteiger partial charge >= 0.3 is 0 Å². The summed E-state index contributed by atoms with van der Waals surface area (Å²) >= 11 is 11.9. The van der Waals surface area contributed by atoms with Gasteiger partial charge in [0.25, 0.3) is 5.91 Å². The molecule has 2 aromatic carbocycles. The lowest BCUT2D eigenvalue weighted by molar-refractivity contribution is -0.114. The number of benzene rings is 2. The van der Waals surface area contributed by atoms with Crippen molar-refractivity contribution in [2.24, 2.45) is 5.73 Å². The van der Waals surface area contributed by atoms with Gasteiger partial charge in [-0.15, -0.1) is 0 Å². The van der Waals surface area contributed by atoms with Crippen LogP contribution in [0, 0.1) is 0 Å². The van der Waals surface area contributed by atoms with E-state index in [4.69, 9.17) is 28.9 Å². The van der Waals surface area contributed by atoms with Crippen molar-refractivity contribution in [3.8, 4) is 0 Å². The van der Waals surface area contributed by atoms with Gasteiger partial charge in [-0.2, -0.15) is 0 Å². The highest BCUT2D eigenvalue weighted by molar-refractivity contribution is 6.44. The molecule has 5 nitrogen and oxygen atoms in total. The molecule has 0 atom stereocenters. The van der Waals surface area contributed by atoms with Crippen molar-refractivity contribution in [1.29, 1.82) is 0 Å². The highest BCUT2D eigenvalue weighted by atomic mass is 35.5. The van der Waals surface area contributed by atoms with Gasteiger partial charge in [0.2, 0.25) is 5.91 Å². The average molecular weight is 338 g/mol. The van der Waals surface area contributed by atoms with Crippen LogP contribution in [0.3, 0.4) is 0 Å². The number of hydrogen-bond acceptors (Lipinski definition) is 3. The SMILES string of the molecule is NC(=O)c1ccccc1NCC(=O)Nc1cccc(Cl)c1Cl. The minimum atomic E-state index is -0.568. The molecule has 0 heterocycles.